The van der Waals surface area contributed by atoms with Crippen LogP contribution in [-0.4, -0.2) is 24.0 Å². The highest BCUT2D eigenvalue weighted by molar-refractivity contribution is 5.87. The minimum Gasteiger partial charge on any atom is -0.497 e. The predicted octanol–water partition coefficient (Wildman–Crippen LogP) is 5.38. The summed E-state index contributed by atoms with van der Waals surface area (Å²) in [7, 11) is 1.73. The number of hydrogen-bond donors (Lipinski definition) is 1. The van der Waals surface area contributed by atoms with Gasteiger partial charge in [-0.3, -0.25) is 9.59 Å². The molecule has 0 amide bonds. The molecule has 5 atom stereocenters. The van der Waals surface area contributed by atoms with Crippen LogP contribution in [-0.2, 0) is 16.0 Å². The molecule has 1 aromatic rings. The SMILES string of the molecule is COc1ccc2c(c1)CCC1C2CC[C@]2(C)C(=O)C[C@@H](CCCCCC(=O)O)C12. The Morgan fingerprint density at radius 1 is 1.24 bits per heavy atom. The van der Waals surface area contributed by atoms with Gasteiger partial charge in [-0.2, -0.15) is 0 Å². The predicted molar refractivity (Wildman–Crippen MR) is 112 cm³/mol. The summed E-state index contributed by atoms with van der Waals surface area (Å²) in [5.74, 6) is 2.86. The van der Waals surface area contributed by atoms with E-state index in [1.54, 1.807) is 7.11 Å². The van der Waals surface area contributed by atoms with Crippen LogP contribution in [0.25, 0.3) is 0 Å². The first-order valence-corrected chi connectivity index (χ1v) is 11.4. The van der Waals surface area contributed by atoms with Crippen molar-refractivity contribution in [3.63, 3.8) is 0 Å². The van der Waals surface area contributed by atoms with Crippen LogP contribution in [0.2, 0.25) is 0 Å². The summed E-state index contributed by atoms with van der Waals surface area (Å²) < 4.78 is 5.43. The van der Waals surface area contributed by atoms with Gasteiger partial charge in [-0.25, -0.2) is 0 Å². The van der Waals surface area contributed by atoms with Gasteiger partial charge in [0.25, 0.3) is 0 Å². The molecular formula is C25H34O4. The van der Waals surface area contributed by atoms with E-state index in [9.17, 15) is 9.59 Å². The van der Waals surface area contributed by atoms with Gasteiger partial charge in [-0.1, -0.05) is 25.8 Å². The number of carboxylic acid groups (broad SMARTS) is 1. The number of carbonyl (C=O) groups excluding carboxylic acids is 1. The van der Waals surface area contributed by atoms with Crippen molar-refractivity contribution >= 4 is 11.8 Å². The first kappa shape index (κ1) is 20.4. The Kier molecular flexibility index (Phi) is 5.72. The third-order valence-electron chi connectivity index (χ3n) is 8.24. The molecule has 3 aliphatic carbocycles. The Balaban J connectivity index is 1.50. The quantitative estimate of drug-likeness (QED) is 0.626. The number of carboxylic acids is 1. The molecule has 1 aromatic carbocycles. The van der Waals surface area contributed by atoms with Crippen LogP contribution in [0.4, 0.5) is 0 Å². The van der Waals surface area contributed by atoms with E-state index in [1.165, 1.54) is 17.5 Å². The van der Waals surface area contributed by atoms with E-state index in [0.717, 1.165) is 57.1 Å². The molecular weight excluding hydrogens is 364 g/mol. The monoisotopic (exact) mass is 398 g/mol. The summed E-state index contributed by atoms with van der Waals surface area (Å²) in [4.78, 5) is 23.8. The number of fused-ring (bicyclic) bond motifs is 5. The molecule has 0 spiro atoms. The number of ether oxygens (including phenoxy) is 1. The summed E-state index contributed by atoms with van der Waals surface area (Å²) in [6, 6.07) is 6.57. The third-order valence-corrected chi connectivity index (χ3v) is 8.24. The average Bonchev–Trinajstić information content (AvgIpc) is 2.97. The lowest BCUT2D eigenvalue weighted by Crippen LogP contribution is -2.44. The van der Waals surface area contributed by atoms with E-state index < -0.39 is 5.97 Å². The molecule has 158 valence electrons. The van der Waals surface area contributed by atoms with Gasteiger partial charge in [0.15, 0.2) is 0 Å². The van der Waals surface area contributed by atoms with Gasteiger partial charge in [0.05, 0.1) is 7.11 Å². The molecule has 0 bridgehead atoms. The fourth-order valence-corrected chi connectivity index (χ4v) is 6.87. The maximum Gasteiger partial charge on any atom is 0.303 e. The first-order chi connectivity index (χ1) is 13.9. The second-order valence-corrected chi connectivity index (χ2v) is 9.74. The van der Waals surface area contributed by atoms with E-state index in [4.69, 9.17) is 9.84 Å². The number of rotatable bonds is 7. The Morgan fingerprint density at radius 3 is 2.83 bits per heavy atom. The standard InChI is InChI=1S/C25H34O4/c1-25-13-12-20-19-11-9-18(29-2)14-16(19)8-10-21(20)24(25)17(15-22(25)26)6-4-3-5-7-23(27)28/h9,11,14,17,20-21,24H,3-8,10,12-13,15H2,1-2H3,(H,27,28)/t17-,20?,21?,24?,25-/m1/s1. The lowest BCUT2D eigenvalue weighted by atomic mass is 9.54. The first-order valence-electron chi connectivity index (χ1n) is 11.4. The number of unbranched alkanes of at least 4 members (excludes halogenated alkanes) is 2. The molecule has 0 radical (unpaired) electrons. The zero-order valence-corrected chi connectivity index (χ0v) is 17.8. The number of ketones is 1. The minimum atomic E-state index is -0.707. The molecule has 0 saturated heterocycles. The number of carbonyl (C=O) groups is 2. The number of benzene rings is 1. The number of Topliss-reactive ketones (excluding diaryl/α,β-unsaturated/α-hetero) is 1. The van der Waals surface area contributed by atoms with Crippen molar-refractivity contribution < 1.29 is 19.4 Å². The highest BCUT2D eigenvalue weighted by Gasteiger charge is 2.58. The lowest BCUT2D eigenvalue weighted by Gasteiger charge is -2.50. The lowest BCUT2D eigenvalue weighted by molar-refractivity contribution is -0.137. The summed E-state index contributed by atoms with van der Waals surface area (Å²) in [6.07, 6.45) is 9.21. The highest BCUT2D eigenvalue weighted by Crippen LogP contribution is 2.62. The van der Waals surface area contributed by atoms with Crippen LogP contribution in [0.15, 0.2) is 18.2 Å². The minimum absolute atomic E-state index is 0.142. The fraction of sp³-hybridized carbons (Fsp3) is 0.680. The van der Waals surface area contributed by atoms with Crippen LogP contribution in [0.3, 0.4) is 0 Å². The van der Waals surface area contributed by atoms with E-state index in [0.29, 0.717) is 29.5 Å². The van der Waals surface area contributed by atoms with Crippen molar-refractivity contribution in [2.45, 2.75) is 77.0 Å². The largest absolute Gasteiger partial charge is 0.497 e. The number of aliphatic carboxylic acids is 1. The molecule has 0 heterocycles. The average molecular weight is 399 g/mol. The van der Waals surface area contributed by atoms with E-state index in [-0.39, 0.29) is 11.8 Å². The maximum atomic E-state index is 13.0. The summed E-state index contributed by atoms with van der Waals surface area (Å²) >= 11 is 0. The maximum absolute atomic E-state index is 13.0. The Bertz CT molecular complexity index is 785. The zero-order chi connectivity index (χ0) is 20.6. The number of hydrogen-bond acceptors (Lipinski definition) is 3. The van der Waals surface area contributed by atoms with Crippen LogP contribution >= 0.6 is 0 Å². The Morgan fingerprint density at radius 2 is 2.07 bits per heavy atom. The topological polar surface area (TPSA) is 63.6 Å². The normalized spacial score (nSPS) is 33.0. The number of aryl methyl sites for hydroxylation is 1. The molecule has 2 saturated carbocycles. The third kappa shape index (κ3) is 3.71. The molecule has 0 aromatic heterocycles. The van der Waals surface area contributed by atoms with Crippen LogP contribution < -0.4 is 4.74 Å². The van der Waals surface area contributed by atoms with Crippen molar-refractivity contribution in [1.82, 2.24) is 0 Å². The van der Waals surface area contributed by atoms with Crippen molar-refractivity contribution in [3.8, 4) is 5.75 Å². The van der Waals surface area contributed by atoms with Gasteiger partial charge in [0.1, 0.15) is 11.5 Å². The van der Waals surface area contributed by atoms with Gasteiger partial charge >= 0.3 is 5.97 Å². The summed E-state index contributed by atoms with van der Waals surface area (Å²) in [5.41, 5.74) is 2.78. The second kappa shape index (κ2) is 8.12. The van der Waals surface area contributed by atoms with E-state index >= 15 is 0 Å². The van der Waals surface area contributed by atoms with Gasteiger partial charge in [-0.05, 0) is 85.5 Å². The van der Waals surface area contributed by atoms with Gasteiger partial charge in [-0.15, -0.1) is 0 Å². The van der Waals surface area contributed by atoms with Crippen molar-refractivity contribution in [2.24, 2.45) is 23.2 Å². The number of methoxy groups -OCH3 is 1. The molecule has 2 fully saturated rings. The van der Waals surface area contributed by atoms with E-state index in [1.807, 2.05) is 0 Å². The molecule has 29 heavy (non-hydrogen) atoms. The molecule has 4 heteroatoms. The smallest absolute Gasteiger partial charge is 0.303 e. The molecule has 0 aliphatic heterocycles. The van der Waals surface area contributed by atoms with Crippen molar-refractivity contribution in [3.05, 3.63) is 29.3 Å². The van der Waals surface area contributed by atoms with Crippen molar-refractivity contribution in [1.29, 1.82) is 0 Å². The summed E-state index contributed by atoms with van der Waals surface area (Å²) in [5, 5.41) is 8.84. The summed E-state index contributed by atoms with van der Waals surface area (Å²) in [6.45, 7) is 2.24. The second-order valence-electron chi connectivity index (χ2n) is 9.74. The molecule has 3 aliphatic rings. The van der Waals surface area contributed by atoms with Crippen LogP contribution in [0, 0.1) is 23.2 Å². The van der Waals surface area contributed by atoms with Crippen LogP contribution in [0.5, 0.6) is 5.75 Å². The van der Waals surface area contributed by atoms with Crippen molar-refractivity contribution in [2.75, 3.05) is 7.11 Å². The van der Waals surface area contributed by atoms with Gasteiger partial charge < -0.3 is 9.84 Å². The Hall–Kier alpha value is -1.84. The zero-order valence-electron chi connectivity index (χ0n) is 17.8. The Labute approximate surface area is 174 Å². The van der Waals surface area contributed by atoms with E-state index in [2.05, 4.69) is 25.1 Å². The molecule has 1 N–H and O–H groups in total. The van der Waals surface area contributed by atoms with Gasteiger partial charge in [0, 0.05) is 18.3 Å². The highest BCUT2D eigenvalue weighted by atomic mass is 16.5. The fourth-order valence-electron chi connectivity index (χ4n) is 6.87. The van der Waals surface area contributed by atoms with Crippen LogP contribution in [0.1, 0.15) is 81.8 Å². The molecule has 4 rings (SSSR count). The van der Waals surface area contributed by atoms with Gasteiger partial charge in [0.2, 0.25) is 0 Å². The molecule has 4 nitrogen and oxygen atoms in total. The molecule has 3 unspecified atom stereocenters.